The second kappa shape index (κ2) is 30.9. The molecule has 0 saturated carbocycles. The number of Topliss-reactive ketones (excluding diaryl/α,β-unsaturated/α-hetero) is 2. The molecule has 5 N–H and O–H groups in total. The largest absolute Gasteiger partial charge is 0.477 e. The molecule has 4 aliphatic heterocycles. The summed E-state index contributed by atoms with van der Waals surface area (Å²) in [7, 11) is 13.9. The number of rotatable bonds is 14. The highest BCUT2D eigenvalue weighted by Crippen LogP contribution is 2.52. The zero-order chi connectivity index (χ0) is 66.0. The van der Waals surface area contributed by atoms with Crippen LogP contribution in [-0.2, 0) is 33.5 Å². The van der Waals surface area contributed by atoms with E-state index in [1.807, 2.05) is 107 Å². The van der Waals surface area contributed by atoms with E-state index in [0.717, 1.165) is 95.5 Å². The number of allylic oxidation sites excluding steroid dienone is 1. The fourth-order valence-electron chi connectivity index (χ4n) is 11.0. The summed E-state index contributed by atoms with van der Waals surface area (Å²) in [5.74, 6) is -0.722. The van der Waals surface area contributed by atoms with Gasteiger partial charge in [-0.3, -0.25) is 29.3 Å². The molecule has 0 aromatic heterocycles. The van der Waals surface area contributed by atoms with Crippen LogP contribution < -0.4 is 41.1 Å². The van der Waals surface area contributed by atoms with Gasteiger partial charge < -0.3 is 40.2 Å². The van der Waals surface area contributed by atoms with Crippen LogP contribution in [0.1, 0.15) is 92.5 Å². The topological polar surface area (TPSA) is 205 Å². The molecule has 1 aliphatic carbocycles. The normalized spacial score (nSPS) is 19.3. The number of halogens is 3. The number of imide groups is 1. The summed E-state index contributed by atoms with van der Waals surface area (Å²) in [6.07, 6.45) is 5.33. The number of carboxylic acids is 1. The zero-order valence-electron chi connectivity index (χ0n) is 52.7. The van der Waals surface area contributed by atoms with Crippen molar-refractivity contribution < 1.29 is 38.6 Å². The fraction of sp³-hybridized carbons (Fsp3) is 0.319. The third-order valence-electron chi connectivity index (χ3n) is 15.7. The predicted molar refractivity (Wildman–Crippen MR) is 384 cm³/mol. The molecule has 2 saturated heterocycles. The molecule has 6 aromatic carbocycles. The number of piperidine rings is 1. The number of amidine groups is 1. The number of carboxylic acid groups (broad SMARTS) is 1. The molecule has 2 fully saturated rings. The van der Waals surface area contributed by atoms with Gasteiger partial charge in [-0.05, 0) is 179 Å². The van der Waals surface area contributed by atoms with Crippen LogP contribution >= 0.6 is 71.3 Å². The molecule has 4 atom stereocenters. The van der Waals surface area contributed by atoms with E-state index in [9.17, 15) is 33.9 Å². The number of benzene rings is 6. The monoisotopic (exact) mass is 1460 g/mol. The Kier molecular flexibility index (Phi) is 23.7. The Bertz CT molecular complexity index is 3870. The third-order valence-corrected chi connectivity index (χ3v) is 20.0. The number of hydrogen-bond acceptors (Lipinski definition) is 17. The number of fused-ring (bicyclic) bond motifs is 4. The molecule has 5 aliphatic rings. The molecule has 22 heteroatoms. The average molecular weight is 1460 g/mol. The minimum absolute atomic E-state index is 0.00843. The number of carbonyl (C=O) groups is 6. The number of anilines is 5. The lowest BCUT2D eigenvalue weighted by Gasteiger charge is -2.40. The quantitative estimate of drug-likeness (QED) is 0.0226. The van der Waals surface area contributed by atoms with Crippen molar-refractivity contribution in [1.82, 2.24) is 16.2 Å². The van der Waals surface area contributed by atoms with E-state index in [4.69, 9.17) is 4.74 Å². The van der Waals surface area contributed by atoms with Crippen molar-refractivity contribution in [3.63, 3.8) is 0 Å². The van der Waals surface area contributed by atoms with Gasteiger partial charge in [-0.1, -0.05) is 86.3 Å². The molecule has 4 unspecified atom stereocenters. The number of hydrazine groups is 1. The summed E-state index contributed by atoms with van der Waals surface area (Å²) in [6.45, 7) is 9.91. The highest BCUT2D eigenvalue weighted by Gasteiger charge is 2.41. The Morgan fingerprint density at radius 1 is 0.780 bits per heavy atom. The van der Waals surface area contributed by atoms with Gasteiger partial charge in [0.25, 0.3) is 12.4 Å². The van der Waals surface area contributed by atoms with Gasteiger partial charge in [-0.25, -0.2) is 15.2 Å². The molecular weight excluding hydrogens is 1390 g/mol. The summed E-state index contributed by atoms with van der Waals surface area (Å²) in [5.41, 5.74) is 18.3. The minimum Gasteiger partial charge on any atom is -0.477 e. The molecule has 11 rings (SSSR count). The van der Waals surface area contributed by atoms with Crippen LogP contribution in [0.25, 0.3) is 28.5 Å². The van der Waals surface area contributed by atoms with Crippen molar-refractivity contribution in [2.75, 3.05) is 86.5 Å². The van der Waals surface area contributed by atoms with Crippen molar-refractivity contribution in [2.24, 2.45) is 10.4 Å². The van der Waals surface area contributed by atoms with E-state index >= 15 is 0 Å². The Morgan fingerprint density at radius 3 is 1.98 bits per heavy atom. The Balaban J connectivity index is 0.000000160. The van der Waals surface area contributed by atoms with Crippen LogP contribution in [0, 0.1) is 5.41 Å². The molecule has 6 aromatic rings. The number of nitrogens with one attached hydrogen (secondary N) is 4. The first-order chi connectivity index (χ1) is 43.2. The van der Waals surface area contributed by atoms with Crippen molar-refractivity contribution in [3.8, 4) is 0 Å². The highest BCUT2D eigenvalue weighted by molar-refractivity contribution is 9.11. The molecule has 4 heterocycles. The summed E-state index contributed by atoms with van der Waals surface area (Å²) in [6, 6.07) is 39.1. The first kappa shape index (κ1) is 69.7. The summed E-state index contributed by atoms with van der Waals surface area (Å²) in [4.78, 5) is 82.4. The number of aliphatic imine (C=N–C) groups is 1. The van der Waals surface area contributed by atoms with E-state index in [1.165, 1.54) is 44.9 Å². The predicted octanol–water partition coefficient (Wildman–Crippen LogP) is 13.8. The maximum absolute atomic E-state index is 13.5. The van der Waals surface area contributed by atoms with Crippen LogP contribution in [0.4, 0.5) is 28.4 Å². The molecule has 0 spiro atoms. The second-order valence-corrected chi connectivity index (χ2v) is 28.7. The Morgan fingerprint density at radius 2 is 1.40 bits per heavy atom. The summed E-state index contributed by atoms with van der Waals surface area (Å²) >= 11 is 13.5. The van der Waals surface area contributed by atoms with Gasteiger partial charge in [0, 0.05) is 116 Å². The van der Waals surface area contributed by atoms with E-state index in [2.05, 4.69) is 191 Å². The lowest BCUT2D eigenvalue weighted by Crippen LogP contribution is -2.40. The number of thioether (sulfide) groups is 2. The van der Waals surface area contributed by atoms with E-state index in [-0.39, 0.29) is 45.7 Å². The van der Waals surface area contributed by atoms with Crippen molar-refractivity contribution in [1.29, 1.82) is 0 Å². The SMILES string of the molecule is CC1=NC(S/C(=C/c2ccc(N(C)C)c(Br)c2)C(=O)O)NN1.CCN(C)c1ccc(C2Nc3ccc4ccccc4c3C3=C2C(=O)CC(C)(C)C3)cc1.CN(C)c1ccc(/C=C2\C(=O)CC(=O)NC2=O)cc1Br.CN(C)c1ccc(C2CC(OC=O)CS2)cc1Br. The van der Waals surface area contributed by atoms with E-state index in [0.29, 0.717) is 18.1 Å². The molecule has 17 nitrogen and oxygen atoms in total. The number of aliphatic carboxylic acids is 1. The van der Waals surface area contributed by atoms with Gasteiger partial charge in [-0.2, -0.15) is 0 Å². The van der Waals surface area contributed by atoms with Crippen LogP contribution in [0.15, 0.2) is 150 Å². The van der Waals surface area contributed by atoms with Gasteiger partial charge in [0.1, 0.15) is 11.9 Å². The molecule has 0 radical (unpaired) electrons. The van der Waals surface area contributed by atoms with Crippen molar-refractivity contribution in [3.05, 3.63) is 173 Å². The number of ketones is 2. The minimum atomic E-state index is -0.973. The lowest BCUT2D eigenvalue weighted by atomic mass is 9.68. The summed E-state index contributed by atoms with van der Waals surface area (Å²) < 4.78 is 7.90. The number of ether oxygens (including phenoxy) is 1. The number of hydrogen-bond donors (Lipinski definition) is 5. The Labute approximate surface area is 566 Å². The summed E-state index contributed by atoms with van der Waals surface area (Å²) in [5, 5.41) is 18.1. The maximum atomic E-state index is 13.5. The Hall–Kier alpha value is -7.21. The first-order valence-corrected chi connectivity index (χ1v) is 33.8. The maximum Gasteiger partial charge on any atom is 0.342 e. The highest BCUT2D eigenvalue weighted by atomic mass is 79.9. The van der Waals surface area contributed by atoms with E-state index < -0.39 is 23.6 Å². The van der Waals surface area contributed by atoms with Crippen LogP contribution in [0.2, 0.25) is 0 Å². The average Bonchev–Trinajstić information content (AvgIpc) is 1.13. The first-order valence-electron chi connectivity index (χ1n) is 29.5. The molecular formula is C69H76Br3N9O8S2. The molecule has 478 valence electrons. The van der Waals surface area contributed by atoms with Gasteiger partial charge in [0.05, 0.1) is 40.0 Å². The zero-order valence-corrected chi connectivity index (χ0v) is 59.1. The molecule has 2 amide bonds. The smallest absolute Gasteiger partial charge is 0.342 e. The van der Waals surface area contributed by atoms with Crippen LogP contribution in [-0.4, -0.2) is 120 Å². The van der Waals surface area contributed by atoms with Gasteiger partial charge in [0.2, 0.25) is 5.91 Å². The van der Waals surface area contributed by atoms with Crippen molar-refractivity contribution in [2.45, 2.75) is 76.3 Å². The van der Waals surface area contributed by atoms with Crippen LogP contribution in [0.3, 0.4) is 0 Å². The molecule has 0 bridgehead atoms. The number of amides is 2. The van der Waals surface area contributed by atoms with Gasteiger partial charge >= 0.3 is 5.97 Å². The number of carbonyl (C=O) groups excluding carboxylic acids is 5. The van der Waals surface area contributed by atoms with Gasteiger partial charge in [-0.15, -0.1) is 11.8 Å². The molecule has 91 heavy (non-hydrogen) atoms. The number of nitrogens with zero attached hydrogens (tertiary/aromatic N) is 5. The third kappa shape index (κ3) is 17.7. The fourth-order valence-corrected chi connectivity index (χ4v) is 15.5. The van der Waals surface area contributed by atoms with Crippen LogP contribution in [0.5, 0.6) is 0 Å². The van der Waals surface area contributed by atoms with Gasteiger partial charge in [0.15, 0.2) is 17.1 Å². The van der Waals surface area contributed by atoms with E-state index in [1.54, 1.807) is 6.08 Å². The standard InChI is InChI=1S/C28H30N2O.C14H17BrN4O2S.C14H13BrN2O3.C13H16BrNO2S/c1-5-30(4)20-13-10-19(11-14-20)27-26-22(16-28(2,3)17-24(26)31)25-21-9-7-6-8-18(21)12-15-23(25)29-27;1-8-16-14(18-17-8)22-12(13(20)21)7-9-4-5-11(19(2)3)10(15)6-9;1-17(2)11-4-3-8(6-10(11)15)5-9-12(18)7-13(19)16-14(9)20;1-15(2)12-4-3-9(5-11(12)14)13-6-10(7-18-13)17-8-16/h6-15,27,29H,5,16-17H2,1-4H3;4-7,14,18H,1-3H3,(H,16,17)(H,20,21);3-6H,7H2,1-2H3,(H,16,19,20);3-5,8,10,13H,6-7H2,1-2H3/b;12-7+;9-5+;. The second-order valence-electron chi connectivity index (χ2n) is 23.8. The van der Waals surface area contributed by atoms with Crippen molar-refractivity contribution >= 4 is 170 Å². The lowest BCUT2D eigenvalue weighted by molar-refractivity contribution is -0.135.